The molecule has 0 fully saturated rings. The smallest absolute Gasteiger partial charge is 0.306 e. The van der Waals surface area contributed by atoms with E-state index in [-0.39, 0.29) is 32.1 Å². The predicted molar refractivity (Wildman–Crippen MR) is 85.4 cm³/mol. The highest BCUT2D eigenvalue weighted by Gasteiger charge is 2.32. The van der Waals surface area contributed by atoms with Crippen molar-refractivity contribution in [2.45, 2.75) is 39.4 Å². The van der Waals surface area contributed by atoms with Crippen LogP contribution in [0.2, 0.25) is 0 Å². The number of carbonyl (C=O) groups is 2. The number of ether oxygens (including phenoxy) is 1. The first-order chi connectivity index (χ1) is 10.9. The minimum atomic E-state index is -1.29. The van der Waals surface area contributed by atoms with Crippen molar-refractivity contribution in [3.05, 3.63) is 35.9 Å². The molecular formula is C17H25NO5. The Labute approximate surface area is 136 Å². The lowest BCUT2D eigenvalue weighted by molar-refractivity contribution is -0.145. The lowest BCUT2D eigenvalue weighted by atomic mass is 9.87. The first kappa shape index (κ1) is 19.1. The van der Waals surface area contributed by atoms with E-state index in [0.29, 0.717) is 6.42 Å². The van der Waals surface area contributed by atoms with Crippen LogP contribution >= 0.6 is 0 Å². The van der Waals surface area contributed by atoms with E-state index in [9.17, 15) is 14.7 Å². The number of esters is 1. The summed E-state index contributed by atoms with van der Waals surface area (Å²) in [5.41, 5.74) is 0.0158. The summed E-state index contributed by atoms with van der Waals surface area (Å²) in [5.74, 6) is -0.888. The normalized spacial score (nSPS) is 12.5. The van der Waals surface area contributed by atoms with Crippen molar-refractivity contribution in [1.29, 1.82) is 0 Å². The van der Waals surface area contributed by atoms with Gasteiger partial charge in [0.2, 0.25) is 5.91 Å². The maximum Gasteiger partial charge on any atom is 0.306 e. The van der Waals surface area contributed by atoms with Crippen molar-refractivity contribution in [2.75, 3.05) is 13.2 Å². The molecule has 0 aliphatic heterocycles. The van der Waals surface area contributed by atoms with Gasteiger partial charge in [-0.3, -0.25) is 9.59 Å². The molecule has 0 bridgehead atoms. The molecule has 1 atom stereocenters. The number of benzene rings is 1. The monoisotopic (exact) mass is 323 g/mol. The second kappa shape index (κ2) is 9.27. The highest BCUT2D eigenvalue weighted by Crippen LogP contribution is 2.19. The number of aliphatic hydroxyl groups is 2. The van der Waals surface area contributed by atoms with Crippen LogP contribution in [-0.2, 0) is 20.9 Å². The van der Waals surface area contributed by atoms with E-state index in [1.807, 2.05) is 30.3 Å². The van der Waals surface area contributed by atoms with Crippen molar-refractivity contribution < 1.29 is 24.5 Å². The lowest BCUT2D eigenvalue weighted by Crippen LogP contribution is -2.45. The zero-order valence-electron chi connectivity index (χ0n) is 13.6. The van der Waals surface area contributed by atoms with E-state index in [1.165, 1.54) is 0 Å². The third-order valence-electron chi connectivity index (χ3n) is 3.50. The van der Waals surface area contributed by atoms with Gasteiger partial charge in [-0.05, 0) is 12.0 Å². The molecule has 0 saturated heterocycles. The van der Waals surface area contributed by atoms with Crippen LogP contribution in [0.1, 0.15) is 32.3 Å². The van der Waals surface area contributed by atoms with E-state index < -0.39 is 17.4 Å². The predicted octanol–water partition coefficient (Wildman–Crippen LogP) is 1.01. The summed E-state index contributed by atoms with van der Waals surface area (Å²) in [7, 11) is 0. The molecule has 23 heavy (non-hydrogen) atoms. The summed E-state index contributed by atoms with van der Waals surface area (Å²) in [6.07, 6.45) is -0.685. The van der Waals surface area contributed by atoms with Crippen LogP contribution in [0.25, 0.3) is 0 Å². The van der Waals surface area contributed by atoms with Gasteiger partial charge in [-0.25, -0.2) is 0 Å². The molecule has 0 aliphatic rings. The summed E-state index contributed by atoms with van der Waals surface area (Å²) in [4.78, 5) is 23.3. The fourth-order valence-electron chi connectivity index (χ4n) is 1.79. The van der Waals surface area contributed by atoms with Crippen LogP contribution in [0.3, 0.4) is 0 Å². The summed E-state index contributed by atoms with van der Waals surface area (Å²) >= 11 is 0. The highest BCUT2D eigenvalue weighted by atomic mass is 16.5. The van der Waals surface area contributed by atoms with Crippen LogP contribution in [0.4, 0.5) is 0 Å². The average molecular weight is 323 g/mol. The van der Waals surface area contributed by atoms with Gasteiger partial charge in [-0.1, -0.05) is 44.2 Å². The average Bonchev–Trinajstić information content (AvgIpc) is 2.56. The number of rotatable bonds is 9. The zero-order chi connectivity index (χ0) is 17.3. The van der Waals surface area contributed by atoms with Gasteiger partial charge in [0, 0.05) is 18.4 Å². The largest absolute Gasteiger partial charge is 0.461 e. The van der Waals surface area contributed by atoms with Crippen LogP contribution in [-0.4, -0.2) is 41.3 Å². The van der Waals surface area contributed by atoms with Gasteiger partial charge in [0.25, 0.3) is 0 Å². The fraction of sp³-hybridized carbons (Fsp3) is 0.529. The van der Waals surface area contributed by atoms with Gasteiger partial charge in [-0.15, -0.1) is 0 Å². The van der Waals surface area contributed by atoms with E-state index in [0.717, 1.165) is 5.56 Å². The Morgan fingerprint density at radius 3 is 2.52 bits per heavy atom. The Morgan fingerprint density at radius 1 is 1.26 bits per heavy atom. The molecule has 1 aromatic rings. The quantitative estimate of drug-likeness (QED) is 0.465. The molecule has 1 aromatic carbocycles. The van der Waals surface area contributed by atoms with Gasteiger partial charge in [0.15, 0.2) is 0 Å². The molecule has 1 unspecified atom stereocenters. The molecule has 0 spiro atoms. The van der Waals surface area contributed by atoms with Crippen molar-refractivity contribution in [3.8, 4) is 0 Å². The molecule has 128 valence electrons. The van der Waals surface area contributed by atoms with Crippen molar-refractivity contribution in [3.63, 3.8) is 0 Å². The molecule has 1 amide bonds. The van der Waals surface area contributed by atoms with Crippen molar-refractivity contribution >= 4 is 11.9 Å². The number of nitrogens with one attached hydrogen (secondary N) is 1. The fourth-order valence-corrected chi connectivity index (χ4v) is 1.79. The molecule has 6 nitrogen and oxygen atoms in total. The molecule has 6 heteroatoms. The van der Waals surface area contributed by atoms with E-state index in [2.05, 4.69) is 5.32 Å². The Balaban J connectivity index is 2.19. The number of hydrogen-bond acceptors (Lipinski definition) is 5. The van der Waals surface area contributed by atoms with Gasteiger partial charge in [-0.2, -0.15) is 0 Å². The van der Waals surface area contributed by atoms with E-state index in [1.54, 1.807) is 13.8 Å². The number of amides is 1. The second-order valence-corrected chi connectivity index (χ2v) is 6.09. The van der Waals surface area contributed by atoms with Crippen LogP contribution < -0.4 is 5.32 Å². The summed E-state index contributed by atoms with van der Waals surface area (Å²) in [6.45, 7) is 3.39. The lowest BCUT2D eigenvalue weighted by Gasteiger charge is -2.27. The van der Waals surface area contributed by atoms with E-state index in [4.69, 9.17) is 9.84 Å². The van der Waals surface area contributed by atoms with Gasteiger partial charge >= 0.3 is 5.97 Å². The minimum absolute atomic E-state index is 0.187. The molecule has 0 saturated carbocycles. The van der Waals surface area contributed by atoms with Crippen molar-refractivity contribution in [1.82, 2.24) is 5.32 Å². The van der Waals surface area contributed by atoms with E-state index >= 15 is 0 Å². The van der Waals surface area contributed by atoms with Crippen LogP contribution in [0.15, 0.2) is 30.3 Å². The van der Waals surface area contributed by atoms with Crippen LogP contribution in [0, 0.1) is 5.41 Å². The second-order valence-electron chi connectivity index (χ2n) is 6.09. The summed E-state index contributed by atoms with van der Waals surface area (Å²) in [5, 5.41) is 21.5. The SMILES string of the molecule is CC(C)(CO)C(O)C(=O)NCCCC(=O)OCc1ccccc1. The van der Waals surface area contributed by atoms with Gasteiger partial charge in [0.05, 0.1) is 6.61 Å². The first-order valence-corrected chi connectivity index (χ1v) is 7.63. The Kier molecular flexibility index (Phi) is 7.71. The molecular weight excluding hydrogens is 298 g/mol. The Morgan fingerprint density at radius 2 is 1.91 bits per heavy atom. The number of hydrogen-bond donors (Lipinski definition) is 3. The molecule has 1 rings (SSSR count). The molecule has 3 N–H and O–H groups in total. The summed E-state index contributed by atoms with van der Waals surface area (Å²) in [6, 6.07) is 9.38. The molecule has 0 radical (unpaired) electrons. The Bertz CT molecular complexity index is 501. The molecule has 0 aliphatic carbocycles. The standard InChI is InChI=1S/C17H25NO5/c1-17(2,12-19)15(21)16(22)18-10-6-9-14(20)23-11-13-7-4-3-5-8-13/h3-5,7-8,15,19,21H,6,9-12H2,1-2H3,(H,18,22). The number of aliphatic hydroxyl groups excluding tert-OH is 2. The highest BCUT2D eigenvalue weighted by molar-refractivity contribution is 5.81. The zero-order valence-corrected chi connectivity index (χ0v) is 13.6. The third kappa shape index (κ3) is 6.80. The van der Waals surface area contributed by atoms with Crippen molar-refractivity contribution in [2.24, 2.45) is 5.41 Å². The maximum atomic E-state index is 11.7. The molecule has 0 aromatic heterocycles. The molecule has 0 heterocycles. The third-order valence-corrected chi connectivity index (χ3v) is 3.50. The minimum Gasteiger partial charge on any atom is -0.461 e. The summed E-state index contributed by atoms with van der Waals surface area (Å²) < 4.78 is 5.12. The maximum absolute atomic E-state index is 11.7. The number of carbonyl (C=O) groups excluding carboxylic acids is 2. The van der Waals surface area contributed by atoms with Crippen LogP contribution in [0.5, 0.6) is 0 Å². The van der Waals surface area contributed by atoms with Gasteiger partial charge < -0.3 is 20.3 Å². The topological polar surface area (TPSA) is 95.9 Å². The van der Waals surface area contributed by atoms with Gasteiger partial charge in [0.1, 0.15) is 12.7 Å². The Hall–Kier alpha value is -1.92. The first-order valence-electron chi connectivity index (χ1n) is 7.63.